The Morgan fingerprint density at radius 2 is 1.41 bits per heavy atom. The fourth-order valence-electron chi connectivity index (χ4n) is 1.13. The predicted molar refractivity (Wildman–Crippen MR) is 81.8 cm³/mol. The van der Waals surface area contributed by atoms with Crippen LogP contribution in [0, 0.1) is 0 Å². The van der Waals surface area contributed by atoms with Crippen LogP contribution in [-0.2, 0) is 27.6 Å². The molecule has 0 atom stereocenters. The molecule has 0 bridgehead atoms. The molecule has 0 aliphatic heterocycles. The lowest BCUT2D eigenvalue weighted by Gasteiger charge is -2.24. The Kier molecular flexibility index (Phi) is 12.5. The highest BCUT2D eigenvalue weighted by molar-refractivity contribution is 6.60. The van der Waals surface area contributed by atoms with Crippen molar-refractivity contribution < 1.29 is 32.7 Å². The third-order valence-corrected chi connectivity index (χ3v) is 5.32. The van der Waals surface area contributed by atoms with Gasteiger partial charge in [0.15, 0.2) is 0 Å². The van der Waals surface area contributed by atoms with E-state index >= 15 is 0 Å². The molecule has 0 aliphatic carbocycles. The van der Waals surface area contributed by atoms with E-state index in [9.17, 15) is 14.7 Å². The van der Waals surface area contributed by atoms with E-state index in [4.69, 9.17) is 18.0 Å². The molecule has 7 nitrogen and oxygen atoms in total. The van der Waals surface area contributed by atoms with Crippen LogP contribution < -0.4 is 5.11 Å². The van der Waals surface area contributed by atoms with Crippen LogP contribution in [0.25, 0.3) is 0 Å². The maximum absolute atomic E-state index is 11.1. The first-order chi connectivity index (χ1) is 10.2. The van der Waals surface area contributed by atoms with Crippen molar-refractivity contribution in [2.24, 2.45) is 0 Å². The van der Waals surface area contributed by atoms with Gasteiger partial charge in [0.1, 0.15) is 0 Å². The Bertz CT molecular complexity index is 368. The minimum atomic E-state index is -2.53. The zero-order chi connectivity index (χ0) is 17.8. The quantitative estimate of drug-likeness (QED) is 0.265. The third-order valence-electron chi connectivity index (χ3n) is 2.49. The summed E-state index contributed by atoms with van der Waals surface area (Å²) in [4.78, 5) is 20.6. The van der Waals surface area contributed by atoms with Crippen LogP contribution >= 0.6 is 0 Å². The smallest absolute Gasteiger partial charge is 0.500 e. The average Bonchev–Trinajstić information content (AvgIpc) is 2.48. The Hall–Kier alpha value is -1.48. The molecule has 22 heavy (non-hydrogen) atoms. The molecule has 0 aromatic rings. The van der Waals surface area contributed by atoms with Crippen molar-refractivity contribution in [2.45, 2.75) is 26.3 Å². The van der Waals surface area contributed by atoms with E-state index in [1.807, 2.05) is 0 Å². The van der Waals surface area contributed by atoms with Gasteiger partial charge >= 0.3 is 14.8 Å². The van der Waals surface area contributed by atoms with Gasteiger partial charge < -0.3 is 27.9 Å². The largest absolute Gasteiger partial charge is 0.545 e. The van der Waals surface area contributed by atoms with Crippen molar-refractivity contribution in [1.29, 1.82) is 0 Å². The first-order valence-corrected chi connectivity index (χ1v) is 8.43. The van der Waals surface area contributed by atoms with Crippen LogP contribution in [0.2, 0.25) is 6.04 Å². The second-order valence-electron chi connectivity index (χ2n) is 4.38. The molecule has 0 saturated heterocycles. The topological polar surface area (TPSA) is 94.1 Å². The van der Waals surface area contributed by atoms with Gasteiger partial charge in [-0.05, 0) is 25.8 Å². The number of carboxylic acids is 1. The van der Waals surface area contributed by atoms with Gasteiger partial charge in [-0.2, -0.15) is 0 Å². The second-order valence-corrected chi connectivity index (χ2v) is 7.47. The first-order valence-electron chi connectivity index (χ1n) is 6.50. The minimum absolute atomic E-state index is 0.0648. The van der Waals surface area contributed by atoms with Gasteiger partial charge in [-0.15, -0.1) is 0 Å². The average molecular weight is 333 g/mol. The van der Waals surface area contributed by atoms with E-state index in [0.29, 0.717) is 24.6 Å². The summed E-state index contributed by atoms with van der Waals surface area (Å²) in [6, 6.07) is 0.611. The van der Waals surface area contributed by atoms with Crippen molar-refractivity contribution >= 4 is 20.7 Å². The number of aliphatic carboxylic acids is 1. The number of hydrogen-bond acceptors (Lipinski definition) is 7. The van der Waals surface area contributed by atoms with Crippen molar-refractivity contribution in [1.82, 2.24) is 0 Å². The van der Waals surface area contributed by atoms with Crippen molar-refractivity contribution in [3.8, 4) is 0 Å². The van der Waals surface area contributed by atoms with Crippen molar-refractivity contribution in [2.75, 3.05) is 27.9 Å². The second kappa shape index (κ2) is 12.1. The number of carbonyl (C=O) groups is 2. The molecule has 0 unspecified atom stereocenters. The molecule has 0 saturated carbocycles. The van der Waals surface area contributed by atoms with Gasteiger partial charge in [-0.3, -0.25) is 0 Å². The first kappa shape index (κ1) is 22.8. The van der Waals surface area contributed by atoms with E-state index < -0.39 is 14.8 Å². The normalized spacial score (nSPS) is 10.2. The Labute approximate surface area is 132 Å². The van der Waals surface area contributed by atoms with Gasteiger partial charge in [0.2, 0.25) is 0 Å². The van der Waals surface area contributed by atoms with Crippen LogP contribution in [0.1, 0.15) is 20.3 Å². The van der Waals surface area contributed by atoms with Gasteiger partial charge in [-0.25, -0.2) is 4.79 Å². The van der Waals surface area contributed by atoms with E-state index in [0.717, 1.165) is 0 Å². The van der Waals surface area contributed by atoms with Crippen LogP contribution in [0.4, 0.5) is 0 Å². The molecular weight excluding hydrogens is 308 g/mol. The Morgan fingerprint density at radius 1 is 1.00 bits per heavy atom. The van der Waals surface area contributed by atoms with E-state index in [1.165, 1.54) is 6.92 Å². The van der Waals surface area contributed by atoms with Crippen LogP contribution in [0.15, 0.2) is 24.3 Å². The molecule has 8 heteroatoms. The highest BCUT2D eigenvalue weighted by Crippen LogP contribution is 2.14. The Morgan fingerprint density at radius 3 is 1.68 bits per heavy atom. The lowest BCUT2D eigenvalue weighted by Crippen LogP contribution is -2.42. The molecule has 0 aromatic carbocycles. The molecule has 0 aromatic heterocycles. The van der Waals surface area contributed by atoms with Crippen molar-refractivity contribution in [3.63, 3.8) is 0 Å². The summed E-state index contributed by atoms with van der Waals surface area (Å²) in [7, 11) is 2.13. The van der Waals surface area contributed by atoms with Gasteiger partial charge in [0.05, 0.1) is 12.6 Å². The van der Waals surface area contributed by atoms with Crippen LogP contribution in [-0.4, -0.2) is 48.7 Å². The fraction of sp³-hybridized carbons (Fsp3) is 0.571. The zero-order valence-electron chi connectivity index (χ0n) is 13.9. The molecular formula is C14H25O7Si-. The maximum Gasteiger partial charge on any atom is 0.500 e. The highest BCUT2D eigenvalue weighted by Gasteiger charge is 2.36. The summed E-state index contributed by atoms with van der Waals surface area (Å²) in [6.07, 6.45) is 0.640. The van der Waals surface area contributed by atoms with Crippen LogP contribution in [0.5, 0.6) is 0 Å². The molecule has 0 N–H and O–H groups in total. The van der Waals surface area contributed by atoms with E-state index in [2.05, 4.69) is 13.2 Å². The summed E-state index contributed by atoms with van der Waals surface area (Å²) >= 11 is 0. The number of carbonyl (C=O) groups excluding carboxylic acids is 2. The summed E-state index contributed by atoms with van der Waals surface area (Å²) in [6.45, 7) is 9.90. The van der Waals surface area contributed by atoms with Crippen molar-refractivity contribution in [3.05, 3.63) is 24.3 Å². The predicted octanol–water partition coefficient (Wildman–Crippen LogP) is 0.686. The summed E-state index contributed by atoms with van der Waals surface area (Å²) in [5.74, 6) is -1.56. The lowest BCUT2D eigenvalue weighted by molar-refractivity contribution is -0.299. The molecule has 0 amide bonds. The summed E-state index contributed by atoms with van der Waals surface area (Å²) in [5.41, 5.74) is 0.462. The van der Waals surface area contributed by atoms with Gasteiger partial charge in [0.25, 0.3) is 0 Å². The number of ether oxygens (including phenoxy) is 1. The minimum Gasteiger partial charge on any atom is -0.545 e. The van der Waals surface area contributed by atoms with Gasteiger partial charge in [-0.1, -0.05) is 13.2 Å². The Balaban J connectivity index is 0. The molecule has 0 rings (SSSR count). The fourth-order valence-corrected chi connectivity index (χ4v) is 2.82. The highest BCUT2D eigenvalue weighted by atomic mass is 28.4. The number of rotatable bonds is 9. The maximum atomic E-state index is 11.1. The third kappa shape index (κ3) is 10.3. The standard InChI is InChI=1S/C10H20O5Si.C4H6O2/c1-9(2)10(11)15-7-6-8-16(12-3,13-4)14-5;1-3(2)4(5)6/h1,6-8H2,2-5H3;1H2,2H3,(H,5,6)/p-1. The van der Waals surface area contributed by atoms with Crippen LogP contribution in [0.3, 0.4) is 0 Å². The van der Waals surface area contributed by atoms with E-state index in [1.54, 1.807) is 28.3 Å². The molecule has 0 heterocycles. The monoisotopic (exact) mass is 333 g/mol. The molecule has 0 aliphatic rings. The molecule has 128 valence electrons. The van der Waals surface area contributed by atoms with E-state index in [-0.39, 0.29) is 11.5 Å². The SMILES string of the molecule is C=C(C)C(=O)OCCC[Si](OC)(OC)OC.C=C(C)C(=O)[O-]. The number of esters is 1. The molecule has 0 spiro atoms. The summed E-state index contributed by atoms with van der Waals surface area (Å²) < 4.78 is 20.6. The molecule has 0 radical (unpaired) electrons. The van der Waals surface area contributed by atoms with Gasteiger partial charge in [0, 0.05) is 32.9 Å². The summed E-state index contributed by atoms with van der Waals surface area (Å²) in [5, 5.41) is 9.49. The number of hydrogen-bond donors (Lipinski definition) is 0. The zero-order valence-corrected chi connectivity index (χ0v) is 14.9. The molecule has 0 fully saturated rings. The lowest BCUT2D eigenvalue weighted by atomic mass is 10.4. The number of carboxylic acid groups (broad SMARTS) is 1.